The highest BCUT2D eigenvalue weighted by atomic mass is 19.1. The number of nitrogens with one attached hydrogen (secondary N) is 2. The number of carbonyl (C=O) groups is 1. The molecule has 5 nitrogen and oxygen atoms in total. The van der Waals surface area contributed by atoms with E-state index in [1.807, 2.05) is 25.6 Å². The maximum absolute atomic E-state index is 12.8. The molecule has 21 heavy (non-hydrogen) atoms. The SMILES string of the molecule is Cc1nn(C)c(C)c1CNCC(=O)Nc1ccc(F)cc1. The summed E-state index contributed by atoms with van der Waals surface area (Å²) in [5.74, 6) is -0.491. The Kier molecular flexibility index (Phi) is 4.70. The van der Waals surface area contributed by atoms with Gasteiger partial charge in [0.05, 0.1) is 12.2 Å². The highest BCUT2D eigenvalue weighted by molar-refractivity contribution is 5.92. The molecular weight excluding hydrogens is 271 g/mol. The minimum atomic E-state index is -0.325. The third-order valence-electron chi connectivity index (χ3n) is 3.37. The molecule has 0 spiro atoms. The van der Waals surface area contributed by atoms with Gasteiger partial charge < -0.3 is 10.6 Å². The van der Waals surface area contributed by atoms with Crippen LogP contribution in [-0.4, -0.2) is 22.2 Å². The van der Waals surface area contributed by atoms with Crippen LogP contribution in [0.4, 0.5) is 10.1 Å². The van der Waals surface area contributed by atoms with Crippen LogP contribution in [0, 0.1) is 19.7 Å². The summed E-state index contributed by atoms with van der Waals surface area (Å²) in [6.45, 7) is 4.71. The fraction of sp³-hybridized carbons (Fsp3) is 0.333. The van der Waals surface area contributed by atoms with E-state index in [0.717, 1.165) is 17.0 Å². The minimum absolute atomic E-state index is 0.166. The van der Waals surface area contributed by atoms with Gasteiger partial charge in [-0.25, -0.2) is 4.39 Å². The van der Waals surface area contributed by atoms with Gasteiger partial charge in [0.25, 0.3) is 0 Å². The van der Waals surface area contributed by atoms with Gasteiger partial charge in [-0.2, -0.15) is 5.10 Å². The summed E-state index contributed by atoms with van der Waals surface area (Å²) >= 11 is 0. The third kappa shape index (κ3) is 3.88. The van der Waals surface area contributed by atoms with E-state index in [2.05, 4.69) is 15.7 Å². The standard InChI is InChI=1S/C15H19FN4O/c1-10-14(11(2)20(3)19-10)8-17-9-15(21)18-13-6-4-12(16)5-7-13/h4-7,17H,8-9H2,1-3H3,(H,18,21). The Morgan fingerprint density at radius 2 is 1.95 bits per heavy atom. The zero-order valence-corrected chi connectivity index (χ0v) is 12.4. The van der Waals surface area contributed by atoms with Crippen LogP contribution in [0.15, 0.2) is 24.3 Å². The van der Waals surface area contributed by atoms with Crippen LogP contribution in [0.1, 0.15) is 17.0 Å². The van der Waals surface area contributed by atoms with Crippen molar-refractivity contribution in [3.05, 3.63) is 47.0 Å². The van der Waals surface area contributed by atoms with Crippen LogP contribution in [0.5, 0.6) is 0 Å². The number of aromatic nitrogens is 2. The Morgan fingerprint density at radius 1 is 1.29 bits per heavy atom. The lowest BCUT2D eigenvalue weighted by atomic mass is 10.2. The summed E-state index contributed by atoms with van der Waals surface area (Å²) in [6, 6.07) is 5.68. The molecule has 2 N–H and O–H groups in total. The number of hydrogen-bond donors (Lipinski definition) is 2. The molecule has 6 heteroatoms. The second-order valence-electron chi connectivity index (χ2n) is 4.93. The predicted octanol–water partition coefficient (Wildman–Crippen LogP) is 1.90. The molecular formula is C15H19FN4O. The average Bonchev–Trinajstić information content (AvgIpc) is 2.68. The maximum atomic E-state index is 12.8. The van der Waals surface area contributed by atoms with Gasteiger partial charge in [-0.15, -0.1) is 0 Å². The lowest BCUT2D eigenvalue weighted by Crippen LogP contribution is -2.28. The summed E-state index contributed by atoms with van der Waals surface area (Å²) in [4.78, 5) is 11.8. The molecule has 112 valence electrons. The quantitative estimate of drug-likeness (QED) is 0.884. The molecule has 0 atom stereocenters. The topological polar surface area (TPSA) is 59.0 Å². The number of nitrogens with zero attached hydrogens (tertiary/aromatic N) is 2. The number of hydrogen-bond acceptors (Lipinski definition) is 3. The van der Waals surface area contributed by atoms with Gasteiger partial charge in [-0.1, -0.05) is 0 Å². The molecule has 0 unspecified atom stereocenters. The number of carbonyl (C=O) groups excluding carboxylic acids is 1. The Morgan fingerprint density at radius 3 is 2.52 bits per heavy atom. The zero-order chi connectivity index (χ0) is 15.4. The van der Waals surface area contributed by atoms with Crippen LogP contribution in [0.3, 0.4) is 0 Å². The van der Waals surface area contributed by atoms with Gasteiger partial charge >= 0.3 is 0 Å². The summed E-state index contributed by atoms with van der Waals surface area (Å²) in [7, 11) is 1.90. The molecule has 0 aliphatic carbocycles. The molecule has 1 heterocycles. The van der Waals surface area contributed by atoms with E-state index in [1.54, 1.807) is 0 Å². The number of aryl methyl sites for hydroxylation is 2. The van der Waals surface area contributed by atoms with Gasteiger partial charge in [0.1, 0.15) is 5.82 Å². The highest BCUT2D eigenvalue weighted by Crippen LogP contribution is 2.11. The average molecular weight is 290 g/mol. The first-order valence-corrected chi connectivity index (χ1v) is 6.72. The molecule has 0 aliphatic rings. The molecule has 0 saturated carbocycles. The Hall–Kier alpha value is -2.21. The van der Waals surface area contributed by atoms with E-state index < -0.39 is 0 Å². The molecule has 1 aromatic carbocycles. The molecule has 2 aromatic rings. The van der Waals surface area contributed by atoms with Crippen molar-refractivity contribution in [3.8, 4) is 0 Å². The first kappa shape index (κ1) is 15.2. The lowest BCUT2D eigenvalue weighted by Gasteiger charge is -2.07. The first-order valence-electron chi connectivity index (χ1n) is 6.72. The second kappa shape index (κ2) is 6.49. The van der Waals surface area contributed by atoms with Crippen LogP contribution in [0.25, 0.3) is 0 Å². The summed E-state index contributed by atoms with van der Waals surface area (Å²) in [6.07, 6.45) is 0. The smallest absolute Gasteiger partial charge is 0.238 e. The van der Waals surface area contributed by atoms with Crippen LogP contribution < -0.4 is 10.6 Å². The normalized spacial score (nSPS) is 10.7. The van der Waals surface area contributed by atoms with Crippen molar-refractivity contribution < 1.29 is 9.18 Å². The van der Waals surface area contributed by atoms with Gasteiger partial charge in [0, 0.05) is 30.5 Å². The van der Waals surface area contributed by atoms with Gasteiger partial charge in [-0.3, -0.25) is 9.48 Å². The molecule has 0 aliphatic heterocycles. The molecule has 1 aromatic heterocycles. The second-order valence-corrected chi connectivity index (χ2v) is 4.93. The minimum Gasteiger partial charge on any atom is -0.325 e. The first-order chi connectivity index (χ1) is 9.97. The van der Waals surface area contributed by atoms with Gasteiger partial charge in [0.15, 0.2) is 0 Å². The molecule has 0 saturated heterocycles. The number of amides is 1. The zero-order valence-electron chi connectivity index (χ0n) is 12.4. The monoisotopic (exact) mass is 290 g/mol. The largest absolute Gasteiger partial charge is 0.325 e. The fourth-order valence-electron chi connectivity index (χ4n) is 2.11. The summed E-state index contributed by atoms with van der Waals surface area (Å²) in [5.41, 5.74) is 3.73. The molecule has 1 amide bonds. The predicted molar refractivity (Wildman–Crippen MR) is 79.4 cm³/mol. The van der Waals surface area contributed by atoms with E-state index in [4.69, 9.17) is 0 Å². The summed E-state index contributed by atoms with van der Waals surface area (Å²) < 4.78 is 14.6. The van der Waals surface area contributed by atoms with E-state index in [9.17, 15) is 9.18 Å². The van der Waals surface area contributed by atoms with E-state index in [0.29, 0.717) is 12.2 Å². The van der Waals surface area contributed by atoms with Crippen molar-refractivity contribution in [1.82, 2.24) is 15.1 Å². The number of rotatable bonds is 5. The molecule has 0 fully saturated rings. The number of halogens is 1. The van der Waals surface area contributed by atoms with Crippen LogP contribution >= 0.6 is 0 Å². The van der Waals surface area contributed by atoms with Gasteiger partial charge in [0.2, 0.25) is 5.91 Å². The van der Waals surface area contributed by atoms with Crippen LogP contribution in [-0.2, 0) is 18.4 Å². The third-order valence-corrected chi connectivity index (χ3v) is 3.37. The summed E-state index contributed by atoms with van der Waals surface area (Å²) in [5, 5.41) is 10.1. The van der Waals surface area contributed by atoms with E-state index in [-0.39, 0.29) is 18.3 Å². The van der Waals surface area contributed by atoms with Crippen molar-refractivity contribution in [2.45, 2.75) is 20.4 Å². The number of anilines is 1. The van der Waals surface area contributed by atoms with Crippen LogP contribution in [0.2, 0.25) is 0 Å². The Balaban J connectivity index is 1.83. The van der Waals surface area contributed by atoms with Crippen molar-refractivity contribution in [1.29, 1.82) is 0 Å². The number of benzene rings is 1. The van der Waals surface area contributed by atoms with Crippen molar-refractivity contribution >= 4 is 11.6 Å². The maximum Gasteiger partial charge on any atom is 0.238 e. The van der Waals surface area contributed by atoms with E-state index >= 15 is 0 Å². The van der Waals surface area contributed by atoms with Crippen molar-refractivity contribution in [2.24, 2.45) is 7.05 Å². The van der Waals surface area contributed by atoms with Crippen molar-refractivity contribution in [3.63, 3.8) is 0 Å². The highest BCUT2D eigenvalue weighted by Gasteiger charge is 2.09. The van der Waals surface area contributed by atoms with Crippen molar-refractivity contribution in [2.75, 3.05) is 11.9 Å². The fourth-order valence-corrected chi connectivity index (χ4v) is 2.11. The molecule has 2 rings (SSSR count). The lowest BCUT2D eigenvalue weighted by molar-refractivity contribution is -0.115. The van der Waals surface area contributed by atoms with Gasteiger partial charge in [-0.05, 0) is 38.1 Å². The Bertz CT molecular complexity index is 634. The Labute approximate surface area is 123 Å². The van der Waals surface area contributed by atoms with E-state index in [1.165, 1.54) is 24.3 Å². The molecule has 0 radical (unpaired) electrons. The molecule has 0 bridgehead atoms.